The van der Waals surface area contributed by atoms with E-state index < -0.39 is 0 Å². The van der Waals surface area contributed by atoms with E-state index in [1.165, 1.54) is 31.5 Å². The molecular weight excluding hydrogens is 332 g/mol. The van der Waals surface area contributed by atoms with Crippen molar-refractivity contribution in [3.8, 4) is 0 Å². The highest BCUT2D eigenvalue weighted by Crippen LogP contribution is 2.23. The molecule has 1 fully saturated rings. The topological polar surface area (TPSA) is 23.6 Å². The number of benzene rings is 2. The molecule has 4 heteroatoms. The molecule has 3 nitrogen and oxygen atoms in total. The van der Waals surface area contributed by atoms with Gasteiger partial charge in [0.05, 0.1) is 6.04 Å². The van der Waals surface area contributed by atoms with E-state index in [2.05, 4.69) is 17.0 Å². The molecule has 0 spiro atoms. The Morgan fingerprint density at radius 2 is 1.84 bits per heavy atom. The molecule has 0 aromatic heterocycles. The fourth-order valence-electron chi connectivity index (χ4n) is 3.32. The summed E-state index contributed by atoms with van der Waals surface area (Å²) in [6.45, 7) is 5.36. The summed E-state index contributed by atoms with van der Waals surface area (Å²) in [5, 5.41) is 0.691. The van der Waals surface area contributed by atoms with Gasteiger partial charge < -0.3 is 4.90 Å². The molecular formula is C21H25ClN2O. The number of hydrogen-bond donors (Lipinski definition) is 0. The van der Waals surface area contributed by atoms with E-state index in [1.54, 1.807) is 4.90 Å². The van der Waals surface area contributed by atoms with Gasteiger partial charge in [-0.15, -0.1) is 0 Å². The second kappa shape index (κ2) is 8.03. The van der Waals surface area contributed by atoms with Crippen molar-refractivity contribution in [2.45, 2.75) is 32.4 Å². The van der Waals surface area contributed by atoms with Crippen LogP contribution >= 0.6 is 11.6 Å². The number of carbonyl (C=O) groups is 1. The zero-order chi connectivity index (χ0) is 17.8. The van der Waals surface area contributed by atoms with Crippen LogP contribution in [-0.4, -0.2) is 35.8 Å². The van der Waals surface area contributed by atoms with Gasteiger partial charge in [-0.05, 0) is 68.2 Å². The third kappa shape index (κ3) is 4.42. The van der Waals surface area contributed by atoms with Crippen LogP contribution in [0.15, 0.2) is 48.5 Å². The number of nitrogens with zero attached hydrogens (tertiary/aromatic N) is 2. The zero-order valence-corrected chi connectivity index (χ0v) is 15.7. The van der Waals surface area contributed by atoms with Crippen LogP contribution in [0.25, 0.3) is 0 Å². The molecule has 1 heterocycles. The van der Waals surface area contributed by atoms with Gasteiger partial charge in [0.15, 0.2) is 0 Å². The molecule has 0 N–H and O–H groups in total. The van der Waals surface area contributed by atoms with Crippen molar-refractivity contribution in [1.82, 2.24) is 9.80 Å². The van der Waals surface area contributed by atoms with Crippen LogP contribution in [0.5, 0.6) is 0 Å². The Morgan fingerprint density at radius 1 is 1.16 bits per heavy atom. The summed E-state index contributed by atoms with van der Waals surface area (Å²) in [7, 11) is 1.84. The molecule has 3 rings (SSSR count). The molecule has 0 aliphatic carbocycles. The predicted molar refractivity (Wildman–Crippen MR) is 103 cm³/mol. The lowest BCUT2D eigenvalue weighted by Crippen LogP contribution is -2.29. The monoisotopic (exact) mass is 356 g/mol. The smallest absolute Gasteiger partial charge is 0.254 e. The molecule has 0 radical (unpaired) electrons. The minimum absolute atomic E-state index is 0.0280. The quantitative estimate of drug-likeness (QED) is 0.770. The summed E-state index contributed by atoms with van der Waals surface area (Å²) in [6.07, 6.45) is 2.59. The molecule has 1 amide bonds. The standard InChI is InChI=1S/C21H25ClN2O/c1-16(19-6-5-7-20(22)14-19)23(2)21(25)18-10-8-17(9-11-18)15-24-12-3-4-13-24/h5-11,14,16H,3-4,12-13,15H2,1-2H3. The maximum absolute atomic E-state index is 12.8. The highest BCUT2D eigenvalue weighted by molar-refractivity contribution is 6.30. The van der Waals surface area contributed by atoms with Crippen LogP contribution < -0.4 is 0 Å². The average Bonchev–Trinajstić information content (AvgIpc) is 3.13. The molecule has 132 valence electrons. The number of carbonyl (C=O) groups excluding carboxylic acids is 1. The molecule has 1 aliphatic heterocycles. The first-order chi connectivity index (χ1) is 12.0. The molecule has 2 aromatic carbocycles. The molecule has 0 bridgehead atoms. The highest BCUT2D eigenvalue weighted by Gasteiger charge is 2.19. The van der Waals surface area contributed by atoms with E-state index in [-0.39, 0.29) is 11.9 Å². The Bertz CT molecular complexity index is 723. The van der Waals surface area contributed by atoms with Crippen molar-refractivity contribution >= 4 is 17.5 Å². The van der Waals surface area contributed by atoms with Crippen LogP contribution in [0.3, 0.4) is 0 Å². The third-order valence-corrected chi connectivity index (χ3v) is 5.27. The highest BCUT2D eigenvalue weighted by atomic mass is 35.5. The Balaban J connectivity index is 1.67. The van der Waals surface area contributed by atoms with Gasteiger partial charge in [0.25, 0.3) is 5.91 Å². The van der Waals surface area contributed by atoms with Crippen LogP contribution in [0.2, 0.25) is 5.02 Å². The van der Waals surface area contributed by atoms with Crippen LogP contribution in [0.4, 0.5) is 0 Å². The second-order valence-corrected chi connectivity index (χ2v) is 7.26. The zero-order valence-electron chi connectivity index (χ0n) is 14.9. The van der Waals surface area contributed by atoms with E-state index in [0.717, 1.165) is 17.7 Å². The maximum atomic E-state index is 12.8. The van der Waals surface area contributed by atoms with E-state index in [0.29, 0.717) is 5.02 Å². The molecule has 1 unspecified atom stereocenters. The molecule has 1 saturated heterocycles. The first-order valence-electron chi connectivity index (χ1n) is 8.88. The minimum Gasteiger partial charge on any atom is -0.335 e. The van der Waals surface area contributed by atoms with Crippen LogP contribution in [0.1, 0.15) is 47.3 Å². The Labute approximate surface area is 155 Å². The van der Waals surface area contributed by atoms with E-state index >= 15 is 0 Å². The summed E-state index contributed by atoms with van der Waals surface area (Å²) >= 11 is 6.07. The largest absolute Gasteiger partial charge is 0.335 e. The molecule has 25 heavy (non-hydrogen) atoms. The lowest BCUT2D eigenvalue weighted by atomic mass is 10.1. The van der Waals surface area contributed by atoms with Gasteiger partial charge in [0, 0.05) is 24.2 Å². The van der Waals surface area contributed by atoms with Crippen molar-refractivity contribution < 1.29 is 4.79 Å². The number of hydrogen-bond acceptors (Lipinski definition) is 2. The van der Waals surface area contributed by atoms with Crippen LogP contribution in [0, 0.1) is 0 Å². The van der Waals surface area contributed by atoms with Gasteiger partial charge in [-0.25, -0.2) is 0 Å². The third-order valence-electron chi connectivity index (χ3n) is 5.04. The van der Waals surface area contributed by atoms with Gasteiger partial charge in [0.1, 0.15) is 0 Å². The van der Waals surface area contributed by atoms with Gasteiger partial charge in [-0.3, -0.25) is 9.69 Å². The summed E-state index contributed by atoms with van der Waals surface area (Å²) in [5.41, 5.74) is 3.03. The Hall–Kier alpha value is -1.84. The van der Waals surface area contributed by atoms with Crippen molar-refractivity contribution in [3.63, 3.8) is 0 Å². The minimum atomic E-state index is -0.0320. The Kier molecular flexibility index (Phi) is 5.77. The summed E-state index contributed by atoms with van der Waals surface area (Å²) < 4.78 is 0. The van der Waals surface area contributed by atoms with Crippen LogP contribution in [-0.2, 0) is 6.54 Å². The van der Waals surface area contributed by atoms with E-state index in [4.69, 9.17) is 11.6 Å². The first kappa shape index (κ1) is 18.0. The summed E-state index contributed by atoms with van der Waals surface area (Å²) in [5.74, 6) is 0.0280. The lowest BCUT2D eigenvalue weighted by molar-refractivity contribution is 0.0742. The van der Waals surface area contributed by atoms with Gasteiger partial charge in [0.2, 0.25) is 0 Å². The second-order valence-electron chi connectivity index (χ2n) is 6.83. The fourth-order valence-corrected chi connectivity index (χ4v) is 3.52. The maximum Gasteiger partial charge on any atom is 0.254 e. The first-order valence-corrected chi connectivity index (χ1v) is 9.26. The van der Waals surface area contributed by atoms with Gasteiger partial charge >= 0.3 is 0 Å². The molecule has 1 aliphatic rings. The predicted octanol–water partition coefficient (Wildman–Crippen LogP) is 4.77. The lowest BCUT2D eigenvalue weighted by Gasteiger charge is -2.25. The SMILES string of the molecule is CC(c1cccc(Cl)c1)N(C)C(=O)c1ccc(CN2CCCC2)cc1. The van der Waals surface area contributed by atoms with E-state index in [1.807, 2.05) is 50.4 Å². The van der Waals surface area contributed by atoms with Gasteiger partial charge in [-0.2, -0.15) is 0 Å². The van der Waals surface area contributed by atoms with Gasteiger partial charge in [-0.1, -0.05) is 35.9 Å². The Morgan fingerprint density at radius 3 is 2.48 bits per heavy atom. The molecule has 0 saturated carbocycles. The number of rotatable bonds is 5. The molecule has 1 atom stereocenters. The van der Waals surface area contributed by atoms with Crippen molar-refractivity contribution in [3.05, 3.63) is 70.2 Å². The normalized spacial score (nSPS) is 16.0. The number of amides is 1. The summed E-state index contributed by atoms with van der Waals surface area (Å²) in [6, 6.07) is 15.7. The van der Waals surface area contributed by atoms with Crippen molar-refractivity contribution in [2.24, 2.45) is 0 Å². The number of halogens is 1. The molecule has 2 aromatic rings. The fraction of sp³-hybridized carbons (Fsp3) is 0.381. The average molecular weight is 357 g/mol. The number of likely N-dealkylation sites (tertiary alicyclic amines) is 1. The van der Waals surface area contributed by atoms with Crippen molar-refractivity contribution in [1.29, 1.82) is 0 Å². The summed E-state index contributed by atoms with van der Waals surface area (Å²) in [4.78, 5) is 17.0. The van der Waals surface area contributed by atoms with Crippen molar-refractivity contribution in [2.75, 3.05) is 20.1 Å². The van der Waals surface area contributed by atoms with E-state index in [9.17, 15) is 4.79 Å².